The molecule has 0 radical (unpaired) electrons. The molecule has 8 heteroatoms. The lowest BCUT2D eigenvalue weighted by molar-refractivity contribution is -0.139. The van der Waals surface area contributed by atoms with E-state index in [1.165, 1.54) is 0 Å². The van der Waals surface area contributed by atoms with Crippen molar-refractivity contribution in [2.24, 2.45) is 5.92 Å². The number of fused-ring (bicyclic) bond motifs is 2. The third-order valence-corrected chi connectivity index (χ3v) is 8.87. The number of amides is 3. The van der Waals surface area contributed by atoms with E-state index >= 15 is 0 Å². The predicted molar refractivity (Wildman–Crippen MR) is 140 cm³/mol. The Morgan fingerprint density at radius 2 is 1.78 bits per heavy atom. The van der Waals surface area contributed by atoms with Gasteiger partial charge in [0.1, 0.15) is 11.0 Å². The topological polar surface area (TPSA) is 79.0 Å². The lowest BCUT2D eigenvalue weighted by Crippen LogP contribution is -2.50. The number of likely N-dealkylation sites (tertiary alicyclic amines) is 1. The smallest absolute Gasteiger partial charge is 0.412 e. The Kier molecular flexibility index (Phi) is 6.97. The summed E-state index contributed by atoms with van der Waals surface area (Å²) in [5.74, 6) is 0.536. The number of benzene rings is 2. The van der Waals surface area contributed by atoms with Crippen molar-refractivity contribution >= 4 is 35.4 Å². The van der Waals surface area contributed by atoms with Crippen LogP contribution in [0.5, 0.6) is 0 Å². The molecule has 3 aliphatic rings. The first-order valence-corrected chi connectivity index (χ1v) is 13.7. The Morgan fingerprint density at radius 3 is 2.50 bits per heavy atom. The molecule has 0 saturated carbocycles. The number of para-hydroxylation sites is 1. The Bertz CT molecular complexity index is 1130. The normalized spacial score (nSPS) is 23.0. The number of ether oxygens (including phenoxy) is 1. The van der Waals surface area contributed by atoms with E-state index in [-0.39, 0.29) is 28.9 Å². The summed E-state index contributed by atoms with van der Waals surface area (Å²) in [6, 6.07) is 17.8. The van der Waals surface area contributed by atoms with Crippen LogP contribution in [0.25, 0.3) is 0 Å². The number of hydrogen-bond acceptors (Lipinski definition) is 5. The van der Waals surface area contributed by atoms with Crippen molar-refractivity contribution in [3.63, 3.8) is 0 Å². The first kappa shape index (κ1) is 24.7. The fraction of sp³-hybridized carbons (Fsp3) is 0.464. The number of hydrogen-bond donors (Lipinski definition) is 1. The number of rotatable bonds is 6. The van der Waals surface area contributed by atoms with E-state index in [1.807, 2.05) is 52.3 Å². The summed E-state index contributed by atoms with van der Waals surface area (Å²) < 4.78 is 5.79. The maximum atomic E-state index is 13.4. The minimum atomic E-state index is -0.709. The van der Waals surface area contributed by atoms with E-state index in [2.05, 4.69) is 31.3 Å². The van der Waals surface area contributed by atoms with Gasteiger partial charge in [-0.15, -0.1) is 11.8 Å². The lowest BCUT2D eigenvalue weighted by Gasteiger charge is -2.44. The summed E-state index contributed by atoms with van der Waals surface area (Å²) in [5.41, 5.74) is 2.13. The van der Waals surface area contributed by atoms with Crippen molar-refractivity contribution in [2.75, 3.05) is 25.0 Å². The van der Waals surface area contributed by atoms with Gasteiger partial charge in [-0.1, -0.05) is 62.4 Å². The van der Waals surface area contributed by atoms with Crippen LogP contribution in [0.15, 0.2) is 54.6 Å². The highest BCUT2D eigenvalue weighted by Crippen LogP contribution is 2.46. The molecule has 2 saturated heterocycles. The molecule has 1 N–H and O–H groups in total. The summed E-state index contributed by atoms with van der Waals surface area (Å²) in [4.78, 5) is 42.7. The SMILES string of the molecule is CC(C)CCN1C(=O)C(CC(=O)N2CCC3(CC2)OC(=O)Nc2ccccc23)SC1c1ccccc1. The summed E-state index contributed by atoms with van der Waals surface area (Å²) in [5, 5.41) is 2.32. The van der Waals surface area contributed by atoms with E-state index in [0.717, 1.165) is 23.2 Å². The molecule has 190 valence electrons. The number of carbonyl (C=O) groups excluding carboxylic acids is 3. The molecule has 2 aromatic carbocycles. The maximum absolute atomic E-state index is 13.4. The second-order valence-corrected chi connectivity index (χ2v) is 11.5. The minimum Gasteiger partial charge on any atom is -0.438 e. The Morgan fingerprint density at radius 1 is 1.08 bits per heavy atom. The molecule has 0 bridgehead atoms. The van der Waals surface area contributed by atoms with Gasteiger partial charge in [-0.05, 0) is 24.0 Å². The fourth-order valence-electron chi connectivity index (χ4n) is 5.36. The van der Waals surface area contributed by atoms with Crippen molar-refractivity contribution in [3.05, 3.63) is 65.7 Å². The van der Waals surface area contributed by atoms with Gasteiger partial charge in [-0.25, -0.2) is 4.79 Å². The number of nitrogens with one attached hydrogen (secondary N) is 1. The molecule has 3 heterocycles. The molecule has 7 nitrogen and oxygen atoms in total. The molecular weight excluding hydrogens is 474 g/mol. The average molecular weight is 508 g/mol. The summed E-state index contributed by atoms with van der Waals surface area (Å²) in [6.45, 7) is 6.00. The highest BCUT2D eigenvalue weighted by Gasteiger charge is 2.46. The van der Waals surface area contributed by atoms with Crippen LogP contribution in [0, 0.1) is 5.92 Å². The van der Waals surface area contributed by atoms with Gasteiger partial charge in [0.15, 0.2) is 0 Å². The van der Waals surface area contributed by atoms with E-state index in [1.54, 1.807) is 11.8 Å². The average Bonchev–Trinajstić information content (AvgIpc) is 3.18. The summed E-state index contributed by atoms with van der Waals surface area (Å²) in [7, 11) is 0. The molecule has 2 aromatic rings. The molecular formula is C28H33N3O4S. The van der Waals surface area contributed by atoms with Crippen molar-refractivity contribution in [3.8, 4) is 0 Å². The van der Waals surface area contributed by atoms with E-state index < -0.39 is 11.7 Å². The molecule has 2 fully saturated rings. The number of anilines is 1. The zero-order chi connectivity index (χ0) is 25.3. The van der Waals surface area contributed by atoms with Gasteiger partial charge in [-0.2, -0.15) is 0 Å². The third kappa shape index (κ3) is 4.83. The number of thioether (sulfide) groups is 1. The molecule has 5 rings (SSSR count). The zero-order valence-electron chi connectivity index (χ0n) is 20.8. The second kappa shape index (κ2) is 10.2. The van der Waals surface area contributed by atoms with Crippen molar-refractivity contribution < 1.29 is 19.1 Å². The van der Waals surface area contributed by atoms with Crippen LogP contribution in [0.1, 0.15) is 56.0 Å². The zero-order valence-corrected chi connectivity index (χ0v) is 21.6. The highest BCUT2D eigenvalue weighted by atomic mass is 32.2. The molecule has 2 atom stereocenters. The van der Waals surface area contributed by atoms with Crippen LogP contribution in [-0.4, -0.2) is 52.6 Å². The predicted octanol–water partition coefficient (Wildman–Crippen LogP) is 5.15. The van der Waals surface area contributed by atoms with Crippen LogP contribution in [0.2, 0.25) is 0 Å². The van der Waals surface area contributed by atoms with Crippen molar-refractivity contribution in [1.29, 1.82) is 0 Å². The molecule has 0 aromatic heterocycles. The molecule has 1 spiro atoms. The summed E-state index contributed by atoms with van der Waals surface area (Å²) >= 11 is 1.59. The van der Waals surface area contributed by atoms with Gasteiger partial charge in [0, 0.05) is 44.5 Å². The van der Waals surface area contributed by atoms with Gasteiger partial charge in [0.2, 0.25) is 11.8 Å². The van der Waals surface area contributed by atoms with Gasteiger partial charge >= 0.3 is 6.09 Å². The highest BCUT2D eigenvalue weighted by molar-refractivity contribution is 8.01. The quantitative estimate of drug-likeness (QED) is 0.585. The van der Waals surface area contributed by atoms with Crippen molar-refractivity contribution in [2.45, 2.75) is 55.8 Å². The monoisotopic (exact) mass is 507 g/mol. The maximum Gasteiger partial charge on any atom is 0.412 e. The number of nitrogens with zero attached hydrogens (tertiary/aromatic N) is 2. The second-order valence-electron chi connectivity index (χ2n) is 10.2. The Labute approximate surface area is 216 Å². The number of carbonyl (C=O) groups is 3. The largest absolute Gasteiger partial charge is 0.438 e. The van der Waals surface area contributed by atoms with Gasteiger partial charge < -0.3 is 14.5 Å². The van der Waals surface area contributed by atoms with Crippen molar-refractivity contribution in [1.82, 2.24) is 9.80 Å². The van der Waals surface area contributed by atoms with Gasteiger partial charge in [0.05, 0.1) is 10.9 Å². The van der Waals surface area contributed by atoms with E-state index in [0.29, 0.717) is 38.4 Å². The molecule has 2 unspecified atom stereocenters. The van der Waals surface area contributed by atoms with Crippen LogP contribution in [0.3, 0.4) is 0 Å². The first-order valence-electron chi connectivity index (χ1n) is 12.7. The standard InChI is InChI=1S/C28H33N3O4S/c1-19(2)12-15-31-25(33)23(36-26(31)20-8-4-3-5-9-20)18-24(32)30-16-13-28(14-17-30)21-10-6-7-11-22(21)29-27(34)35-28/h3-11,19,23,26H,12-18H2,1-2H3,(H,29,34). The van der Waals surface area contributed by atoms with Gasteiger partial charge in [0.25, 0.3) is 0 Å². The summed E-state index contributed by atoms with van der Waals surface area (Å²) in [6.07, 6.45) is 1.76. The fourth-order valence-corrected chi connectivity index (χ4v) is 6.83. The first-order chi connectivity index (χ1) is 17.4. The Balaban J connectivity index is 1.25. The molecule has 0 aliphatic carbocycles. The third-order valence-electron chi connectivity index (χ3n) is 7.39. The Hall–Kier alpha value is -3.00. The lowest BCUT2D eigenvalue weighted by atomic mass is 9.82. The van der Waals surface area contributed by atoms with Crippen LogP contribution >= 0.6 is 11.8 Å². The van der Waals surface area contributed by atoms with E-state index in [4.69, 9.17) is 4.74 Å². The van der Waals surface area contributed by atoms with E-state index in [9.17, 15) is 14.4 Å². The molecule has 3 aliphatic heterocycles. The number of piperidine rings is 1. The minimum absolute atomic E-state index is 0.0123. The molecule has 36 heavy (non-hydrogen) atoms. The van der Waals surface area contributed by atoms with Crippen LogP contribution < -0.4 is 5.32 Å². The van der Waals surface area contributed by atoms with Gasteiger partial charge in [-0.3, -0.25) is 14.9 Å². The van der Waals surface area contributed by atoms with Crippen LogP contribution in [0.4, 0.5) is 10.5 Å². The molecule has 3 amide bonds. The van der Waals surface area contributed by atoms with Crippen LogP contribution in [-0.2, 0) is 19.9 Å².